The van der Waals surface area contributed by atoms with E-state index in [1.54, 1.807) is 6.08 Å². The Bertz CT molecular complexity index is 2150. The molecular weight excluding hydrogens is 807 g/mol. The van der Waals surface area contributed by atoms with Gasteiger partial charge in [0.05, 0.1) is 35.9 Å². The number of hydrogen-bond donors (Lipinski definition) is 7. The fourth-order valence-electron chi connectivity index (χ4n) is 19.5. The Labute approximate surface area is 379 Å². The van der Waals surface area contributed by atoms with Gasteiger partial charge in [-0.05, 0) is 148 Å². The molecule has 348 valence electrons. The van der Waals surface area contributed by atoms with Crippen LogP contribution in [0.5, 0.6) is 0 Å². The van der Waals surface area contributed by atoms with E-state index in [4.69, 9.17) is 4.74 Å². The number of esters is 1. The maximum absolute atomic E-state index is 14.7. The number of ether oxygens (including phenoxy) is 1. The molecule has 1 aromatic rings. The van der Waals surface area contributed by atoms with Gasteiger partial charge in [-0.2, -0.15) is 0 Å². The van der Waals surface area contributed by atoms with Crippen LogP contribution in [0.15, 0.2) is 29.8 Å². The predicted molar refractivity (Wildman–Crippen MR) is 239 cm³/mol. The van der Waals surface area contributed by atoms with E-state index in [1.165, 1.54) is 25.7 Å². The van der Waals surface area contributed by atoms with Gasteiger partial charge in [-0.25, -0.2) is 4.79 Å². The minimum absolute atomic E-state index is 0.101. The molecule has 10 aliphatic carbocycles. The summed E-state index contributed by atoms with van der Waals surface area (Å²) in [7, 11) is 1.90. The summed E-state index contributed by atoms with van der Waals surface area (Å²) in [5, 5.41) is 82.1. The van der Waals surface area contributed by atoms with Gasteiger partial charge in [0.25, 0.3) is 0 Å². The number of likely N-dealkylation sites (N-methyl/N-ethyl adjacent to an activating group) is 1. The van der Waals surface area contributed by atoms with Crippen molar-refractivity contribution in [2.45, 2.75) is 177 Å². The molecular formula is C54H73NO9. The molecule has 0 aromatic heterocycles. The summed E-state index contributed by atoms with van der Waals surface area (Å²) in [6, 6.07) is 5.60. The molecule has 4 bridgehead atoms. The van der Waals surface area contributed by atoms with Gasteiger partial charge in [0.2, 0.25) is 0 Å². The second-order valence-electron chi connectivity index (χ2n) is 23.5. The smallest absolute Gasteiger partial charge is 0.331 e. The van der Waals surface area contributed by atoms with Crippen molar-refractivity contribution in [3.63, 3.8) is 0 Å². The zero-order chi connectivity index (χ0) is 44.7. The minimum atomic E-state index is -1.84. The molecule has 10 heteroatoms. The maximum atomic E-state index is 14.7. The van der Waals surface area contributed by atoms with Crippen LogP contribution in [0.2, 0.25) is 0 Å². The molecule has 8 saturated carbocycles. The summed E-state index contributed by atoms with van der Waals surface area (Å²) < 4.78 is 6.32. The highest BCUT2D eigenvalue weighted by molar-refractivity contribution is 5.87. The van der Waals surface area contributed by atoms with Crippen LogP contribution in [0.25, 0.3) is 0 Å². The number of hydrogen-bond acceptors (Lipinski definition) is 10. The second kappa shape index (κ2) is 15.2. The molecule has 16 unspecified atom stereocenters. The molecule has 11 aliphatic rings. The largest absolute Gasteiger partial charge is 0.454 e. The van der Waals surface area contributed by atoms with Gasteiger partial charge in [-0.1, -0.05) is 69.4 Å². The van der Waals surface area contributed by atoms with Crippen molar-refractivity contribution in [2.24, 2.45) is 69.0 Å². The van der Waals surface area contributed by atoms with Crippen molar-refractivity contribution < 1.29 is 45.0 Å². The first-order chi connectivity index (χ1) is 30.8. The lowest BCUT2D eigenvalue weighted by atomic mass is 9.33. The number of nitrogens with one attached hydrogen (secondary N) is 1. The van der Waals surface area contributed by atoms with Gasteiger partial charge in [0.1, 0.15) is 18.0 Å². The number of carbonyl (C=O) groups excluding carboxylic acids is 2. The summed E-state index contributed by atoms with van der Waals surface area (Å²) in [6.07, 6.45) is 14.5. The Balaban J connectivity index is 1.11. The van der Waals surface area contributed by atoms with Crippen molar-refractivity contribution >= 4 is 12.3 Å². The van der Waals surface area contributed by atoms with E-state index in [2.05, 4.69) is 24.1 Å². The van der Waals surface area contributed by atoms with Crippen LogP contribution in [-0.4, -0.2) is 91.6 Å². The number of rotatable bonds is 6. The molecule has 1 aliphatic heterocycles. The number of benzene rings is 1. The Morgan fingerprint density at radius 3 is 2.44 bits per heavy atom. The standard InChI is InChI=1S/C54H73NO9/c1-32(33-10-3-4-11-33)35-15-16-41-47(60)48(18-7-8-19-48)29-49(30-57)44-17-21-50-20-6-5-12-34-13-9-14-36(28-56)39(34)24-43(55-2)40-23-37(51(50,31-58)42-25-45(59)64-46(40)42)27-53(50,62)52(44,61)26-38(22-35)54(41,49)63/h9,13-14,25,30,32-33,35,37-38,40-41,43-44,46-47,55-56,58,60-63H,3-4,6-8,10-11,15-24,26-29,31H2,1-2H3. The quantitative estimate of drug-likeness (QED) is 0.107. The number of aliphatic hydroxyl groups is 6. The van der Waals surface area contributed by atoms with E-state index in [1.807, 2.05) is 25.2 Å². The first kappa shape index (κ1) is 43.9. The third-order valence-corrected chi connectivity index (χ3v) is 22.1. The van der Waals surface area contributed by atoms with Crippen LogP contribution in [0.4, 0.5) is 0 Å². The van der Waals surface area contributed by atoms with Crippen LogP contribution in [0.3, 0.4) is 0 Å². The van der Waals surface area contributed by atoms with Crippen molar-refractivity contribution in [1.82, 2.24) is 5.32 Å². The van der Waals surface area contributed by atoms with Gasteiger partial charge >= 0.3 is 5.97 Å². The van der Waals surface area contributed by atoms with E-state index >= 15 is 0 Å². The van der Waals surface area contributed by atoms with Gasteiger partial charge in [0.15, 0.2) is 0 Å². The molecule has 12 rings (SSSR count). The van der Waals surface area contributed by atoms with E-state index in [0.29, 0.717) is 75.2 Å². The topological polar surface area (TPSA) is 177 Å². The maximum Gasteiger partial charge on any atom is 0.331 e. The van der Waals surface area contributed by atoms with Crippen molar-refractivity contribution in [1.29, 1.82) is 0 Å². The third kappa shape index (κ3) is 5.36. The van der Waals surface area contributed by atoms with Crippen molar-refractivity contribution in [2.75, 3.05) is 13.7 Å². The van der Waals surface area contributed by atoms with Gasteiger partial charge in [-0.15, -0.1) is 0 Å². The monoisotopic (exact) mass is 880 g/mol. The zero-order valence-electron chi connectivity index (χ0n) is 38.2. The summed E-state index contributed by atoms with van der Waals surface area (Å²) in [5.74, 6) is 5.20. The fraction of sp³-hybridized carbons (Fsp3) is 0.778. The molecule has 1 heterocycles. The van der Waals surface area contributed by atoms with Crippen LogP contribution in [-0.2, 0) is 27.4 Å². The summed E-state index contributed by atoms with van der Waals surface area (Å²) in [4.78, 5) is 28.5. The van der Waals surface area contributed by atoms with E-state index in [9.17, 15) is 40.2 Å². The average molecular weight is 880 g/mol. The Morgan fingerprint density at radius 1 is 0.938 bits per heavy atom. The first-order valence-electron chi connectivity index (χ1n) is 25.5. The highest BCUT2D eigenvalue weighted by Crippen LogP contribution is 2.82. The molecule has 0 saturated heterocycles. The summed E-state index contributed by atoms with van der Waals surface area (Å²) in [6.45, 7) is 1.89. The number of aliphatic hydroxyl groups excluding tert-OH is 3. The number of carbonyl (C=O) groups is 2. The van der Waals surface area contributed by atoms with Gasteiger partial charge in [0, 0.05) is 52.7 Å². The SMILES string of the molecule is CNC1Cc2c(cccc2CO)C#CCCC23CCC4C(O)(CC5CC(C(C)C6CCCC6)CCC6C(O)C7(CCCC7)CC4(C=O)C56O)C2(O)CC2CC1C1OC(=O)C=C1C23CO. The van der Waals surface area contributed by atoms with E-state index in [-0.39, 0.29) is 49.9 Å². The minimum Gasteiger partial charge on any atom is -0.454 e. The fourth-order valence-corrected chi connectivity index (χ4v) is 19.5. The molecule has 8 fully saturated rings. The van der Waals surface area contributed by atoms with E-state index in [0.717, 1.165) is 55.1 Å². The lowest BCUT2D eigenvalue weighted by Gasteiger charge is -2.74. The molecule has 16 atom stereocenters. The molecule has 64 heavy (non-hydrogen) atoms. The Morgan fingerprint density at radius 2 is 1.72 bits per heavy atom. The molecule has 0 amide bonds. The summed E-state index contributed by atoms with van der Waals surface area (Å²) in [5.41, 5.74) is -6.23. The van der Waals surface area contributed by atoms with Crippen LogP contribution >= 0.6 is 0 Å². The Kier molecular flexibility index (Phi) is 10.4. The molecule has 0 radical (unpaired) electrons. The number of fused-ring (bicyclic) bond motifs is 6. The van der Waals surface area contributed by atoms with Gasteiger partial charge in [-0.3, -0.25) is 0 Å². The molecule has 7 N–H and O–H groups in total. The highest BCUT2D eigenvalue weighted by atomic mass is 16.5. The zero-order valence-corrected chi connectivity index (χ0v) is 38.2. The lowest BCUT2D eigenvalue weighted by molar-refractivity contribution is -0.358. The van der Waals surface area contributed by atoms with E-state index < -0.39 is 74.4 Å². The number of aldehydes is 1. The van der Waals surface area contributed by atoms with Crippen LogP contribution in [0, 0.1) is 80.8 Å². The normalized spacial score (nSPS) is 48.1. The van der Waals surface area contributed by atoms with Gasteiger partial charge < -0.3 is 45.5 Å². The highest BCUT2D eigenvalue weighted by Gasteiger charge is 2.86. The molecule has 1 aromatic carbocycles. The Hall–Kier alpha value is -2.62. The lowest BCUT2D eigenvalue weighted by Crippen LogP contribution is -2.82. The molecule has 10 nitrogen and oxygen atoms in total. The van der Waals surface area contributed by atoms with Crippen LogP contribution in [0.1, 0.15) is 146 Å². The third-order valence-electron chi connectivity index (χ3n) is 22.1. The molecule has 2 spiro atoms. The van der Waals surface area contributed by atoms with Crippen molar-refractivity contribution in [3.8, 4) is 11.8 Å². The van der Waals surface area contributed by atoms with Crippen molar-refractivity contribution in [3.05, 3.63) is 46.5 Å². The summed E-state index contributed by atoms with van der Waals surface area (Å²) >= 11 is 0. The van der Waals surface area contributed by atoms with Crippen LogP contribution < -0.4 is 5.32 Å². The second-order valence-corrected chi connectivity index (χ2v) is 23.5. The average Bonchev–Trinajstić information content (AvgIpc) is 4.10. The first-order valence-corrected chi connectivity index (χ1v) is 25.5. The predicted octanol–water partition coefficient (Wildman–Crippen LogP) is 5.69.